The predicted molar refractivity (Wildman–Crippen MR) is 78.7 cm³/mol. The highest BCUT2D eigenvalue weighted by Gasteiger charge is 2.10. The molecule has 2 rings (SSSR count). The summed E-state index contributed by atoms with van der Waals surface area (Å²) in [6, 6.07) is 7.51. The maximum Gasteiger partial charge on any atom is 0.148 e. The molecule has 0 fully saturated rings. The summed E-state index contributed by atoms with van der Waals surface area (Å²) in [5.41, 5.74) is 4.24. The Morgan fingerprint density at radius 2 is 1.89 bits per heavy atom. The zero-order chi connectivity index (χ0) is 13.8. The Kier molecular flexibility index (Phi) is 4.19. The van der Waals surface area contributed by atoms with Crippen LogP contribution in [0, 0.1) is 6.92 Å². The van der Waals surface area contributed by atoms with Crippen molar-refractivity contribution < 1.29 is 0 Å². The van der Waals surface area contributed by atoms with Crippen molar-refractivity contribution in [2.45, 2.75) is 20.3 Å². The van der Waals surface area contributed by atoms with E-state index >= 15 is 0 Å². The van der Waals surface area contributed by atoms with Crippen molar-refractivity contribution >= 4 is 28.9 Å². The van der Waals surface area contributed by atoms with Crippen molar-refractivity contribution in [3.63, 3.8) is 0 Å². The lowest BCUT2D eigenvalue weighted by atomic mass is 10.2. The van der Waals surface area contributed by atoms with Crippen LogP contribution in [0.2, 0.25) is 5.02 Å². The average molecular weight is 278 g/mol. The van der Waals surface area contributed by atoms with Crippen LogP contribution in [0.15, 0.2) is 24.3 Å². The highest BCUT2D eigenvalue weighted by Crippen LogP contribution is 2.27. The topological polar surface area (TPSA) is 75.9 Å². The van der Waals surface area contributed by atoms with E-state index in [-0.39, 0.29) is 0 Å². The smallest absolute Gasteiger partial charge is 0.148 e. The van der Waals surface area contributed by atoms with Crippen LogP contribution in [0.1, 0.15) is 18.3 Å². The van der Waals surface area contributed by atoms with Gasteiger partial charge in [-0.3, -0.25) is 0 Å². The Balaban J connectivity index is 2.42. The maximum absolute atomic E-state index is 6.13. The minimum atomic E-state index is 0.612. The number of nitrogen functional groups attached to an aromatic ring is 1. The molecule has 19 heavy (non-hydrogen) atoms. The summed E-state index contributed by atoms with van der Waals surface area (Å²) in [7, 11) is 0. The van der Waals surface area contributed by atoms with Gasteiger partial charge in [0.1, 0.15) is 17.5 Å². The summed E-state index contributed by atoms with van der Waals surface area (Å²) in [6.07, 6.45) is 0.728. The van der Waals surface area contributed by atoms with Crippen molar-refractivity contribution in [2.75, 3.05) is 10.7 Å². The molecule has 0 radical (unpaired) electrons. The number of aromatic nitrogens is 2. The number of nitrogens with zero attached hydrogens (tertiary/aromatic N) is 2. The fourth-order valence-corrected chi connectivity index (χ4v) is 1.86. The lowest BCUT2D eigenvalue weighted by Crippen LogP contribution is -2.13. The quantitative estimate of drug-likeness (QED) is 0.592. The van der Waals surface area contributed by atoms with Gasteiger partial charge in [-0.05, 0) is 19.1 Å². The van der Waals surface area contributed by atoms with Crippen LogP contribution in [-0.4, -0.2) is 9.97 Å². The van der Waals surface area contributed by atoms with E-state index in [1.165, 1.54) is 0 Å². The van der Waals surface area contributed by atoms with Crippen molar-refractivity contribution in [2.24, 2.45) is 5.84 Å². The molecule has 100 valence electrons. The van der Waals surface area contributed by atoms with Gasteiger partial charge in [-0.25, -0.2) is 15.8 Å². The Labute approximate surface area is 117 Å². The van der Waals surface area contributed by atoms with Crippen LogP contribution < -0.4 is 16.6 Å². The predicted octanol–water partition coefficient (Wildman–Crippen LogP) is 3.03. The molecule has 1 aromatic carbocycles. The Bertz CT molecular complexity index is 585. The Morgan fingerprint density at radius 3 is 2.53 bits per heavy atom. The maximum atomic E-state index is 6.13. The third-order valence-electron chi connectivity index (χ3n) is 2.77. The number of rotatable bonds is 4. The number of hydrogen-bond donors (Lipinski definition) is 3. The zero-order valence-electron chi connectivity index (χ0n) is 10.9. The minimum Gasteiger partial charge on any atom is -0.339 e. The summed E-state index contributed by atoms with van der Waals surface area (Å²) in [5, 5.41) is 3.85. The number of nitrogens with two attached hydrogens (primary N) is 1. The highest BCUT2D eigenvalue weighted by molar-refractivity contribution is 6.33. The molecular weight excluding hydrogens is 262 g/mol. The van der Waals surface area contributed by atoms with E-state index in [2.05, 4.69) is 20.7 Å². The van der Waals surface area contributed by atoms with Gasteiger partial charge in [0.2, 0.25) is 0 Å². The van der Waals surface area contributed by atoms with Gasteiger partial charge in [-0.15, -0.1) is 0 Å². The third-order valence-corrected chi connectivity index (χ3v) is 3.10. The molecule has 0 bridgehead atoms. The van der Waals surface area contributed by atoms with Crippen molar-refractivity contribution in [1.82, 2.24) is 9.97 Å². The van der Waals surface area contributed by atoms with Crippen molar-refractivity contribution in [1.29, 1.82) is 0 Å². The first-order valence-electron chi connectivity index (χ1n) is 6.01. The lowest BCUT2D eigenvalue weighted by Gasteiger charge is -2.13. The van der Waals surface area contributed by atoms with Crippen LogP contribution in [-0.2, 0) is 6.42 Å². The van der Waals surface area contributed by atoms with Gasteiger partial charge in [0.25, 0.3) is 0 Å². The molecule has 0 spiro atoms. The van der Waals surface area contributed by atoms with Crippen LogP contribution in [0.25, 0.3) is 0 Å². The van der Waals surface area contributed by atoms with E-state index in [9.17, 15) is 0 Å². The molecule has 0 atom stereocenters. The Hall–Kier alpha value is -1.85. The molecule has 4 N–H and O–H groups in total. The molecular formula is C13H16ClN5. The second-order valence-corrected chi connectivity index (χ2v) is 4.47. The second kappa shape index (κ2) is 5.86. The minimum absolute atomic E-state index is 0.612. The Morgan fingerprint density at radius 1 is 1.21 bits per heavy atom. The first kappa shape index (κ1) is 13.6. The number of para-hydroxylation sites is 1. The van der Waals surface area contributed by atoms with E-state index in [1.807, 2.05) is 38.1 Å². The molecule has 0 unspecified atom stereocenters. The van der Waals surface area contributed by atoms with Gasteiger partial charge in [-0.2, -0.15) is 0 Å². The van der Waals surface area contributed by atoms with Gasteiger partial charge in [0.05, 0.1) is 10.7 Å². The molecule has 0 aliphatic rings. The summed E-state index contributed by atoms with van der Waals surface area (Å²) < 4.78 is 0. The lowest BCUT2D eigenvalue weighted by molar-refractivity contribution is 0.932. The fraction of sp³-hybridized carbons (Fsp3) is 0.231. The van der Waals surface area contributed by atoms with E-state index in [4.69, 9.17) is 17.4 Å². The number of anilines is 3. The molecule has 1 heterocycles. The molecule has 0 aliphatic heterocycles. The van der Waals surface area contributed by atoms with E-state index in [0.29, 0.717) is 22.5 Å². The molecule has 6 heteroatoms. The third kappa shape index (κ3) is 2.94. The number of nitrogens with one attached hydrogen (secondary N) is 2. The molecule has 1 aromatic heterocycles. The highest BCUT2D eigenvalue weighted by atomic mass is 35.5. The fourth-order valence-electron chi connectivity index (χ4n) is 1.67. The summed E-state index contributed by atoms with van der Waals surface area (Å²) in [5.74, 6) is 7.50. The van der Waals surface area contributed by atoms with E-state index in [0.717, 1.165) is 17.7 Å². The summed E-state index contributed by atoms with van der Waals surface area (Å²) in [4.78, 5) is 8.77. The van der Waals surface area contributed by atoms with E-state index < -0.39 is 0 Å². The summed E-state index contributed by atoms with van der Waals surface area (Å²) in [6.45, 7) is 3.89. The van der Waals surface area contributed by atoms with Gasteiger partial charge >= 0.3 is 0 Å². The van der Waals surface area contributed by atoms with Crippen LogP contribution in [0.3, 0.4) is 0 Å². The van der Waals surface area contributed by atoms with Crippen molar-refractivity contribution in [3.8, 4) is 0 Å². The van der Waals surface area contributed by atoms with Gasteiger partial charge in [0, 0.05) is 12.0 Å². The second-order valence-electron chi connectivity index (χ2n) is 4.06. The SMILES string of the molecule is CCc1nc(NN)c(C)c(Nc2ccccc2Cl)n1. The molecule has 5 nitrogen and oxygen atoms in total. The molecule has 0 saturated carbocycles. The number of halogens is 1. The number of hydrogen-bond acceptors (Lipinski definition) is 5. The first-order valence-corrected chi connectivity index (χ1v) is 6.39. The van der Waals surface area contributed by atoms with E-state index in [1.54, 1.807) is 0 Å². The normalized spacial score (nSPS) is 10.3. The zero-order valence-corrected chi connectivity index (χ0v) is 11.6. The standard InChI is InChI=1S/C13H16ClN5/c1-3-11-17-12(8(2)13(18-11)19-15)16-10-7-5-4-6-9(10)14/h4-7H,3,15H2,1-2H3,(H2,16,17,18,19). The van der Waals surface area contributed by atoms with Gasteiger partial charge in [-0.1, -0.05) is 30.7 Å². The summed E-state index contributed by atoms with van der Waals surface area (Å²) >= 11 is 6.13. The molecule has 0 saturated heterocycles. The number of benzene rings is 1. The van der Waals surface area contributed by atoms with Gasteiger partial charge in [0.15, 0.2) is 0 Å². The molecule has 0 amide bonds. The number of hydrazine groups is 1. The van der Waals surface area contributed by atoms with Crippen LogP contribution in [0.5, 0.6) is 0 Å². The largest absolute Gasteiger partial charge is 0.339 e. The van der Waals surface area contributed by atoms with Crippen LogP contribution in [0.4, 0.5) is 17.3 Å². The molecule has 2 aromatic rings. The monoisotopic (exact) mass is 277 g/mol. The first-order chi connectivity index (χ1) is 9.15. The van der Waals surface area contributed by atoms with Crippen molar-refractivity contribution in [3.05, 3.63) is 40.7 Å². The van der Waals surface area contributed by atoms with Crippen LogP contribution >= 0.6 is 11.6 Å². The molecule has 0 aliphatic carbocycles. The van der Waals surface area contributed by atoms with Gasteiger partial charge < -0.3 is 10.7 Å². The average Bonchev–Trinajstić information content (AvgIpc) is 2.43. The number of aryl methyl sites for hydroxylation is 1.